The molecule has 8 heteroatoms. The first-order chi connectivity index (χ1) is 21.9. The number of benzene rings is 4. The number of nitrogens with zero attached hydrogens (tertiary/aromatic N) is 2. The number of aryl methyl sites for hydroxylation is 1. The van der Waals surface area contributed by atoms with Crippen LogP contribution in [0.5, 0.6) is 5.75 Å². The zero-order chi connectivity index (χ0) is 34.0. The van der Waals surface area contributed by atoms with Crippen molar-refractivity contribution in [3.05, 3.63) is 112 Å². The van der Waals surface area contributed by atoms with Crippen molar-refractivity contribution in [1.82, 2.24) is 0 Å². The highest BCUT2D eigenvalue weighted by Gasteiger charge is 2.17. The maximum absolute atomic E-state index is 14.0. The first kappa shape index (κ1) is 35.8. The Bertz CT molecular complexity index is 1650. The number of amidine groups is 1. The molecule has 0 radical (unpaired) electrons. The van der Waals surface area contributed by atoms with E-state index in [1.165, 1.54) is 12.1 Å². The molecule has 0 aromatic heterocycles. The summed E-state index contributed by atoms with van der Waals surface area (Å²) in [4.78, 5) is 19.6. The van der Waals surface area contributed by atoms with Crippen LogP contribution in [0.4, 0.5) is 20.2 Å². The summed E-state index contributed by atoms with van der Waals surface area (Å²) in [6.07, 6.45) is 2.25. The molecule has 0 bridgehead atoms. The SMILES string of the molecule is CC.CCCN(CCC(C)C)c1ccc(C(=O)N=C(N)c2cc(Cc3cc(F)cc(F)c3)c(-c3ccc(O)cc3C)cc2N)cc1. The maximum atomic E-state index is 14.0. The normalized spacial score (nSPS) is 11.3. The minimum absolute atomic E-state index is 0.0678. The van der Waals surface area contributed by atoms with Crippen molar-refractivity contribution in [2.45, 2.75) is 60.8 Å². The molecule has 46 heavy (non-hydrogen) atoms. The molecule has 0 saturated heterocycles. The number of nitrogens with two attached hydrogens (primary N) is 2. The number of rotatable bonds is 11. The van der Waals surface area contributed by atoms with Gasteiger partial charge in [0.2, 0.25) is 0 Å². The van der Waals surface area contributed by atoms with E-state index in [4.69, 9.17) is 11.5 Å². The summed E-state index contributed by atoms with van der Waals surface area (Å²) in [5, 5.41) is 9.93. The highest BCUT2D eigenvalue weighted by atomic mass is 19.1. The largest absolute Gasteiger partial charge is 0.508 e. The van der Waals surface area contributed by atoms with Gasteiger partial charge in [0.1, 0.15) is 23.2 Å². The molecule has 4 aromatic rings. The standard InChI is InChI=1S/C36H40F2N4O2.C2H6/c1-5-13-42(14-12-22(2)3)29-8-6-25(7-9-29)36(44)41-35(40)33-19-26(16-24-17-27(37)20-28(38)18-24)32(21-34(33)39)31-11-10-30(43)15-23(31)4;1-2/h6-11,15,17-22,43H,5,12-14,16,39H2,1-4H3,(H2,40,41,44);1-2H3. The quantitative estimate of drug-likeness (QED) is 0.0876. The molecule has 6 nitrogen and oxygen atoms in total. The summed E-state index contributed by atoms with van der Waals surface area (Å²) in [7, 11) is 0. The Labute approximate surface area is 271 Å². The van der Waals surface area contributed by atoms with Crippen molar-refractivity contribution in [1.29, 1.82) is 0 Å². The summed E-state index contributed by atoms with van der Waals surface area (Å²) >= 11 is 0. The number of hydrogen-bond donors (Lipinski definition) is 3. The molecular weight excluding hydrogens is 582 g/mol. The Hall–Kier alpha value is -4.72. The number of carbonyl (C=O) groups is 1. The third kappa shape index (κ3) is 9.39. The fourth-order valence-electron chi connectivity index (χ4n) is 5.27. The third-order valence-electron chi connectivity index (χ3n) is 7.54. The van der Waals surface area contributed by atoms with E-state index in [2.05, 4.69) is 30.7 Å². The van der Waals surface area contributed by atoms with Crippen molar-refractivity contribution < 1.29 is 18.7 Å². The van der Waals surface area contributed by atoms with Crippen LogP contribution in [0.2, 0.25) is 0 Å². The molecule has 0 fully saturated rings. The zero-order valence-corrected chi connectivity index (χ0v) is 27.7. The minimum Gasteiger partial charge on any atom is -0.508 e. The zero-order valence-electron chi connectivity index (χ0n) is 27.7. The van der Waals surface area contributed by atoms with E-state index in [-0.39, 0.29) is 23.7 Å². The van der Waals surface area contributed by atoms with E-state index in [1.54, 1.807) is 42.5 Å². The molecule has 0 aliphatic carbocycles. The predicted molar refractivity (Wildman–Crippen MR) is 187 cm³/mol. The second-order valence-electron chi connectivity index (χ2n) is 11.6. The van der Waals surface area contributed by atoms with Crippen LogP contribution in [0, 0.1) is 24.5 Å². The lowest BCUT2D eigenvalue weighted by molar-refractivity contribution is 0.100. The van der Waals surface area contributed by atoms with Gasteiger partial charge in [-0.2, -0.15) is 4.99 Å². The van der Waals surface area contributed by atoms with Gasteiger partial charge in [-0.3, -0.25) is 4.79 Å². The van der Waals surface area contributed by atoms with Crippen molar-refractivity contribution >= 4 is 23.1 Å². The summed E-state index contributed by atoms with van der Waals surface area (Å²) in [6, 6.07) is 19.0. The van der Waals surface area contributed by atoms with Crippen molar-refractivity contribution in [3.8, 4) is 16.9 Å². The third-order valence-corrected chi connectivity index (χ3v) is 7.54. The number of amides is 1. The summed E-state index contributed by atoms with van der Waals surface area (Å²) < 4.78 is 28.1. The number of carbonyl (C=O) groups excluding carboxylic acids is 1. The lowest BCUT2D eigenvalue weighted by Crippen LogP contribution is -2.26. The first-order valence-corrected chi connectivity index (χ1v) is 15.9. The molecule has 0 aliphatic rings. The van der Waals surface area contributed by atoms with E-state index in [0.717, 1.165) is 48.8 Å². The lowest BCUT2D eigenvalue weighted by atomic mass is 9.90. The second kappa shape index (κ2) is 16.5. The van der Waals surface area contributed by atoms with Gasteiger partial charge in [0.25, 0.3) is 5.91 Å². The molecule has 0 atom stereocenters. The molecule has 0 aliphatic heterocycles. The molecule has 4 rings (SSSR count). The van der Waals surface area contributed by atoms with E-state index in [1.807, 2.05) is 32.9 Å². The highest BCUT2D eigenvalue weighted by molar-refractivity contribution is 6.11. The van der Waals surface area contributed by atoms with E-state index in [0.29, 0.717) is 33.7 Å². The number of anilines is 2. The summed E-state index contributed by atoms with van der Waals surface area (Å²) in [5.74, 6) is -1.25. The number of phenolic OH excluding ortho intramolecular Hbond substituents is 1. The minimum atomic E-state index is -0.687. The molecule has 0 saturated carbocycles. The summed E-state index contributed by atoms with van der Waals surface area (Å²) in [5.41, 5.74) is 18.2. The van der Waals surface area contributed by atoms with Crippen LogP contribution in [-0.4, -0.2) is 29.9 Å². The Morgan fingerprint density at radius 3 is 2.15 bits per heavy atom. The van der Waals surface area contributed by atoms with Gasteiger partial charge >= 0.3 is 0 Å². The maximum Gasteiger partial charge on any atom is 0.278 e. The average molecular weight is 629 g/mol. The van der Waals surface area contributed by atoms with Crippen LogP contribution in [-0.2, 0) is 6.42 Å². The monoisotopic (exact) mass is 628 g/mol. The van der Waals surface area contributed by atoms with Gasteiger partial charge in [-0.15, -0.1) is 0 Å². The molecule has 244 valence electrons. The van der Waals surface area contributed by atoms with Gasteiger partial charge in [-0.25, -0.2) is 8.78 Å². The molecular formula is C38H46F2N4O2. The molecule has 5 N–H and O–H groups in total. The van der Waals surface area contributed by atoms with Gasteiger partial charge < -0.3 is 21.5 Å². The van der Waals surface area contributed by atoms with Crippen LogP contribution in [0.1, 0.15) is 80.1 Å². The van der Waals surface area contributed by atoms with Crippen LogP contribution < -0.4 is 16.4 Å². The average Bonchev–Trinajstić information content (AvgIpc) is 3.00. The van der Waals surface area contributed by atoms with E-state index >= 15 is 0 Å². The molecule has 0 unspecified atom stereocenters. The van der Waals surface area contributed by atoms with Crippen LogP contribution >= 0.6 is 0 Å². The second-order valence-corrected chi connectivity index (χ2v) is 11.6. The Balaban J connectivity index is 0.00000282. The van der Waals surface area contributed by atoms with E-state index < -0.39 is 17.5 Å². The Morgan fingerprint density at radius 1 is 0.913 bits per heavy atom. The predicted octanol–water partition coefficient (Wildman–Crippen LogP) is 8.65. The Kier molecular flexibility index (Phi) is 12.9. The van der Waals surface area contributed by atoms with Gasteiger partial charge in [0.05, 0.1) is 0 Å². The van der Waals surface area contributed by atoms with Crippen LogP contribution in [0.15, 0.2) is 77.8 Å². The van der Waals surface area contributed by atoms with Crippen molar-refractivity contribution in [2.75, 3.05) is 23.7 Å². The van der Waals surface area contributed by atoms with Crippen molar-refractivity contribution in [2.24, 2.45) is 16.6 Å². The topological polar surface area (TPSA) is 105 Å². The lowest BCUT2D eigenvalue weighted by Gasteiger charge is -2.25. The van der Waals surface area contributed by atoms with Crippen molar-refractivity contribution in [3.63, 3.8) is 0 Å². The fraction of sp³-hybridized carbons (Fsp3) is 0.316. The smallest absolute Gasteiger partial charge is 0.278 e. The number of phenols is 1. The molecule has 0 heterocycles. The fourth-order valence-corrected chi connectivity index (χ4v) is 5.27. The highest BCUT2D eigenvalue weighted by Crippen LogP contribution is 2.34. The molecule has 1 amide bonds. The number of hydrogen-bond acceptors (Lipinski definition) is 4. The van der Waals surface area contributed by atoms with Crippen LogP contribution in [0.25, 0.3) is 11.1 Å². The van der Waals surface area contributed by atoms with Gasteiger partial charge in [0, 0.05) is 41.7 Å². The number of aliphatic imine (C=N–C) groups is 1. The number of halogens is 2. The van der Waals surface area contributed by atoms with Gasteiger partial charge in [-0.1, -0.05) is 40.7 Å². The first-order valence-electron chi connectivity index (χ1n) is 15.9. The van der Waals surface area contributed by atoms with Gasteiger partial charge in [-0.05, 0) is 121 Å². The summed E-state index contributed by atoms with van der Waals surface area (Å²) in [6.45, 7) is 14.3. The van der Waals surface area contributed by atoms with E-state index in [9.17, 15) is 18.7 Å². The van der Waals surface area contributed by atoms with Crippen LogP contribution in [0.3, 0.4) is 0 Å². The molecule has 0 spiro atoms. The molecule has 4 aromatic carbocycles. The van der Waals surface area contributed by atoms with Gasteiger partial charge in [0.15, 0.2) is 0 Å². The number of aromatic hydroxyl groups is 1. The number of nitrogen functional groups attached to an aromatic ring is 1. The Morgan fingerprint density at radius 2 is 1.57 bits per heavy atom.